The Morgan fingerprint density at radius 2 is 2.00 bits per heavy atom. The van der Waals surface area contributed by atoms with E-state index >= 15 is 0 Å². The first-order chi connectivity index (χ1) is 14.0. The van der Waals surface area contributed by atoms with Gasteiger partial charge in [0.15, 0.2) is 0 Å². The van der Waals surface area contributed by atoms with Crippen LogP contribution in [-0.2, 0) is 17.6 Å². The summed E-state index contributed by atoms with van der Waals surface area (Å²) in [5, 5.41) is 14.7. The van der Waals surface area contributed by atoms with Crippen LogP contribution in [0.15, 0.2) is 18.2 Å². The Hall–Kier alpha value is -2.98. The van der Waals surface area contributed by atoms with Gasteiger partial charge in [-0.2, -0.15) is 0 Å². The Bertz CT molecular complexity index is 997. The highest BCUT2D eigenvalue weighted by atomic mass is 32.1. The third kappa shape index (κ3) is 3.68. The summed E-state index contributed by atoms with van der Waals surface area (Å²) < 4.78 is 5.29. The number of amides is 2. The van der Waals surface area contributed by atoms with Crippen molar-refractivity contribution in [3.63, 3.8) is 0 Å². The Kier molecular flexibility index (Phi) is 5.20. The van der Waals surface area contributed by atoms with Gasteiger partial charge in [-0.15, -0.1) is 11.3 Å². The maximum atomic E-state index is 12.8. The Balaban J connectivity index is 1.62. The summed E-state index contributed by atoms with van der Waals surface area (Å²) in [4.78, 5) is 38.7. The van der Waals surface area contributed by atoms with E-state index in [9.17, 15) is 19.7 Å². The van der Waals surface area contributed by atoms with Crippen molar-refractivity contribution < 1.29 is 19.2 Å². The molecular formula is C19H20N4O5S. The lowest BCUT2D eigenvalue weighted by Crippen LogP contribution is -2.36. The summed E-state index contributed by atoms with van der Waals surface area (Å²) >= 11 is 1.35. The van der Waals surface area contributed by atoms with Crippen LogP contribution in [0.2, 0.25) is 0 Å². The largest absolute Gasteiger partial charge is 0.378 e. The molecule has 1 aliphatic carbocycles. The van der Waals surface area contributed by atoms with Crippen molar-refractivity contribution in [2.45, 2.75) is 19.3 Å². The van der Waals surface area contributed by atoms with Crippen molar-refractivity contribution >= 4 is 39.5 Å². The van der Waals surface area contributed by atoms with Crippen LogP contribution in [0.5, 0.6) is 0 Å². The number of morpholine rings is 1. The number of aryl methyl sites for hydroxylation is 1. The minimum Gasteiger partial charge on any atom is -0.378 e. The molecule has 152 valence electrons. The maximum absolute atomic E-state index is 12.8. The summed E-state index contributed by atoms with van der Waals surface area (Å²) in [6, 6.07) is 4.41. The minimum absolute atomic E-state index is 0.136. The monoisotopic (exact) mass is 416 g/mol. The second-order valence-electron chi connectivity index (χ2n) is 6.94. The van der Waals surface area contributed by atoms with Crippen LogP contribution in [0, 0.1) is 10.1 Å². The molecular weight excluding hydrogens is 396 g/mol. The van der Waals surface area contributed by atoms with Crippen molar-refractivity contribution in [2.24, 2.45) is 5.73 Å². The van der Waals surface area contributed by atoms with Crippen LogP contribution in [-0.4, -0.2) is 43.0 Å². The quantitative estimate of drug-likeness (QED) is 0.569. The van der Waals surface area contributed by atoms with Crippen molar-refractivity contribution in [3.05, 3.63) is 49.9 Å². The van der Waals surface area contributed by atoms with Crippen molar-refractivity contribution in [1.82, 2.24) is 0 Å². The van der Waals surface area contributed by atoms with Gasteiger partial charge in [0.05, 0.1) is 23.7 Å². The number of thiophene rings is 1. The smallest absolute Gasteiger partial charge is 0.293 e. The fourth-order valence-electron chi connectivity index (χ4n) is 3.81. The molecule has 0 unspecified atom stereocenters. The van der Waals surface area contributed by atoms with Gasteiger partial charge in [0.2, 0.25) is 0 Å². The number of hydrogen-bond donors (Lipinski definition) is 2. The molecule has 2 amide bonds. The zero-order valence-electron chi connectivity index (χ0n) is 15.6. The Labute approximate surface area is 170 Å². The Morgan fingerprint density at radius 1 is 1.24 bits per heavy atom. The van der Waals surface area contributed by atoms with Gasteiger partial charge < -0.3 is 20.7 Å². The van der Waals surface area contributed by atoms with Crippen LogP contribution in [0.25, 0.3) is 0 Å². The molecule has 1 fully saturated rings. The number of primary amides is 1. The molecule has 1 aromatic heterocycles. The zero-order valence-corrected chi connectivity index (χ0v) is 16.4. The number of rotatable bonds is 5. The molecule has 1 aromatic carbocycles. The number of carbonyl (C=O) groups is 2. The number of nitro benzene ring substituents is 1. The molecule has 29 heavy (non-hydrogen) atoms. The second kappa shape index (κ2) is 7.80. The summed E-state index contributed by atoms with van der Waals surface area (Å²) in [6.07, 6.45) is 2.58. The number of ether oxygens (including phenoxy) is 1. The molecule has 0 bridgehead atoms. The van der Waals surface area contributed by atoms with E-state index in [0.29, 0.717) is 42.6 Å². The van der Waals surface area contributed by atoms with E-state index < -0.39 is 16.7 Å². The number of nitrogens with two attached hydrogens (primary N) is 1. The molecule has 2 aromatic rings. The van der Waals surface area contributed by atoms with Gasteiger partial charge >= 0.3 is 0 Å². The van der Waals surface area contributed by atoms with Crippen LogP contribution in [0.1, 0.15) is 37.6 Å². The molecule has 2 heterocycles. The van der Waals surface area contributed by atoms with E-state index in [1.54, 1.807) is 12.1 Å². The number of nitrogens with one attached hydrogen (secondary N) is 1. The first kappa shape index (κ1) is 19.3. The summed E-state index contributed by atoms with van der Waals surface area (Å²) in [5.41, 5.74) is 7.27. The fourth-order valence-corrected chi connectivity index (χ4v) is 5.10. The summed E-state index contributed by atoms with van der Waals surface area (Å²) in [7, 11) is 0. The van der Waals surface area contributed by atoms with E-state index in [-0.39, 0.29) is 11.3 Å². The van der Waals surface area contributed by atoms with Gasteiger partial charge in [0, 0.05) is 29.6 Å². The van der Waals surface area contributed by atoms with E-state index in [4.69, 9.17) is 10.5 Å². The highest BCUT2D eigenvalue weighted by molar-refractivity contribution is 7.17. The normalized spacial score (nSPS) is 15.8. The number of hydrogen-bond acceptors (Lipinski definition) is 7. The van der Waals surface area contributed by atoms with Gasteiger partial charge in [-0.1, -0.05) is 0 Å². The molecule has 3 N–H and O–H groups in total. The molecule has 4 rings (SSSR count). The molecule has 9 nitrogen and oxygen atoms in total. The lowest BCUT2D eigenvalue weighted by molar-refractivity contribution is -0.384. The maximum Gasteiger partial charge on any atom is 0.293 e. The third-order valence-corrected chi connectivity index (χ3v) is 6.39. The number of carbonyl (C=O) groups excluding carboxylic acids is 2. The van der Waals surface area contributed by atoms with Crippen LogP contribution >= 0.6 is 11.3 Å². The summed E-state index contributed by atoms with van der Waals surface area (Å²) in [6.45, 7) is 2.10. The van der Waals surface area contributed by atoms with E-state index in [0.717, 1.165) is 29.7 Å². The number of nitrogens with zero attached hydrogens (tertiary/aromatic N) is 2. The highest BCUT2D eigenvalue weighted by Gasteiger charge is 2.27. The zero-order chi connectivity index (χ0) is 20.5. The third-order valence-electron chi connectivity index (χ3n) is 5.18. The SMILES string of the molecule is NC(=O)c1c(NC(=O)c2ccc(N3CCOCC3)c([N+](=O)[O-])c2)sc2c1CCC2. The number of nitro groups is 1. The average molecular weight is 416 g/mol. The lowest BCUT2D eigenvalue weighted by atomic mass is 10.1. The first-order valence-electron chi connectivity index (χ1n) is 9.32. The highest BCUT2D eigenvalue weighted by Crippen LogP contribution is 2.39. The summed E-state index contributed by atoms with van der Waals surface area (Å²) in [5.74, 6) is -1.09. The molecule has 0 spiro atoms. The topological polar surface area (TPSA) is 128 Å². The van der Waals surface area contributed by atoms with E-state index in [1.807, 2.05) is 4.90 Å². The number of benzene rings is 1. The van der Waals surface area contributed by atoms with Gasteiger partial charge in [0.25, 0.3) is 17.5 Å². The molecule has 10 heteroatoms. The fraction of sp³-hybridized carbons (Fsp3) is 0.368. The predicted octanol–water partition coefficient (Wildman–Crippen LogP) is 2.33. The van der Waals surface area contributed by atoms with Gasteiger partial charge in [-0.25, -0.2) is 0 Å². The molecule has 0 saturated carbocycles. The van der Waals surface area contributed by atoms with Crippen molar-refractivity contribution in [3.8, 4) is 0 Å². The predicted molar refractivity (Wildman–Crippen MR) is 109 cm³/mol. The minimum atomic E-state index is -0.576. The van der Waals surface area contributed by atoms with E-state index in [2.05, 4.69) is 5.32 Å². The Morgan fingerprint density at radius 3 is 2.69 bits per heavy atom. The number of anilines is 2. The molecule has 0 radical (unpaired) electrons. The van der Waals surface area contributed by atoms with Crippen molar-refractivity contribution in [2.75, 3.05) is 36.5 Å². The average Bonchev–Trinajstić information content (AvgIpc) is 3.28. The molecule has 2 aliphatic rings. The lowest BCUT2D eigenvalue weighted by Gasteiger charge is -2.28. The van der Waals surface area contributed by atoms with E-state index in [1.165, 1.54) is 17.4 Å². The van der Waals surface area contributed by atoms with Crippen LogP contribution in [0.3, 0.4) is 0 Å². The molecule has 0 atom stereocenters. The molecule has 1 aliphatic heterocycles. The molecule has 1 saturated heterocycles. The van der Waals surface area contributed by atoms with Gasteiger partial charge in [-0.05, 0) is 37.0 Å². The van der Waals surface area contributed by atoms with Crippen LogP contribution in [0.4, 0.5) is 16.4 Å². The van der Waals surface area contributed by atoms with Gasteiger partial charge in [0.1, 0.15) is 10.7 Å². The first-order valence-corrected chi connectivity index (χ1v) is 10.1. The second-order valence-corrected chi connectivity index (χ2v) is 8.05. The number of fused-ring (bicyclic) bond motifs is 1. The standard InChI is InChI=1S/C19H20N4O5S/c20-17(24)16-12-2-1-3-15(12)29-19(16)21-18(25)11-4-5-13(14(10-11)23(26)27)22-6-8-28-9-7-22/h4-5,10H,1-3,6-9H2,(H2,20,24)(H,21,25). The van der Waals surface area contributed by atoms with Gasteiger partial charge in [-0.3, -0.25) is 19.7 Å². The van der Waals surface area contributed by atoms with Crippen molar-refractivity contribution in [1.29, 1.82) is 0 Å². The van der Waals surface area contributed by atoms with Crippen LogP contribution < -0.4 is 16.0 Å².